The van der Waals surface area contributed by atoms with Crippen LogP contribution in [-0.2, 0) is 16.1 Å². The lowest BCUT2D eigenvalue weighted by atomic mass is 10.2. The number of halogens is 2. The Kier molecular flexibility index (Phi) is 5.62. The number of rotatable bonds is 5. The molecule has 7 heteroatoms. The number of anilines is 1. The number of hydrogen-bond acceptors (Lipinski definition) is 3. The minimum absolute atomic E-state index is 0.0425. The van der Waals surface area contributed by atoms with Gasteiger partial charge in [-0.05, 0) is 45.0 Å². The summed E-state index contributed by atoms with van der Waals surface area (Å²) in [7, 11) is 0. The van der Waals surface area contributed by atoms with Gasteiger partial charge in [0.2, 0.25) is 5.91 Å². The van der Waals surface area contributed by atoms with Crippen molar-refractivity contribution >= 4 is 29.2 Å². The number of aryl methyl sites for hydroxylation is 1. The molecule has 0 radical (unpaired) electrons. The first-order chi connectivity index (χ1) is 11.3. The summed E-state index contributed by atoms with van der Waals surface area (Å²) >= 11 is 5.68. The molecule has 0 saturated carbocycles. The summed E-state index contributed by atoms with van der Waals surface area (Å²) in [5, 5.41) is 2.75. The molecule has 0 saturated heterocycles. The molecule has 128 valence electrons. The summed E-state index contributed by atoms with van der Waals surface area (Å²) in [6.07, 6.45) is 0. The van der Waals surface area contributed by atoms with E-state index in [4.69, 9.17) is 16.3 Å². The zero-order valence-corrected chi connectivity index (χ0v) is 14.4. The number of carbonyl (C=O) groups excluding carboxylic acids is 2. The van der Waals surface area contributed by atoms with E-state index in [1.165, 1.54) is 12.1 Å². The summed E-state index contributed by atoms with van der Waals surface area (Å²) in [6.45, 7) is 5.48. The van der Waals surface area contributed by atoms with Gasteiger partial charge in [0.25, 0.3) is 0 Å². The summed E-state index contributed by atoms with van der Waals surface area (Å²) in [6, 6.07) is 5.69. The van der Waals surface area contributed by atoms with Crippen LogP contribution in [-0.4, -0.2) is 23.1 Å². The quantitative estimate of drug-likeness (QED) is 0.834. The van der Waals surface area contributed by atoms with Gasteiger partial charge in [-0.25, -0.2) is 9.18 Å². The second-order valence-electron chi connectivity index (χ2n) is 5.26. The van der Waals surface area contributed by atoms with Crippen LogP contribution in [0, 0.1) is 19.7 Å². The maximum Gasteiger partial charge on any atom is 0.339 e. The highest BCUT2D eigenvalue weighted by atomic mass is 35.5. The fraction of sp³-hybridized carbons (Fsp3) is 0.294. The molecule has 5 nitrogen and oxygen atoms in total. The van der Waals surface area contributed by atoms with Gasteiger partial charge >= 0.3 is 5.97 Å². The van der Waals surface area contributed by atoms with Crippen molar-refractivity contribution in [2.75, 3.05) is 11.9 Å². The van der Waals surface area contributed by atoms with Gasteiger partial charge in [0.1, 0.15) is 12.4 Å². The maximum absolute atomic E-state index is 13.7. The third-order valence-corrected chi connectivity index (χ3v) is 3.81. The lowest BCUT2D eigenvalue weighted by molar-refractivity contribution is -0.116. The number of nitrogens with zero attached hydrogens (tertiary/aromatic N) is 1. The Balaban J connectivity index is 2.16. The molecule has 0 fully saturated rings. The van der Waals surface area contributed by atoms with E-state index >= 15 is 0 Å². The Bertz CT molecular complexity index is 786. The molecule has 1 aromatic carbocycles. The third-order valence-electron chi connectivity index (χ3n) is 3.58. The van der Waals surface area contributed by atoms with Crippen molar-refractivity contribution in [2.24, 2.45) is 0 Å². The topological polar surface area (TPSA) is 60.3 Å². The molecule has 1 aromatic heterocycles. The Morgan fingerprint density at radius 3 is 2.62 bits per heavy atom. The molecule has 0 atom stereocenters. The average Bonchev–Trinajstić information content (AvgIpc) is 2.78. The van der Waals surface area contributed by atoms with Crippen molar-refractivity contribution in [3.8, 4) is 0 Å². The molecule has 1 amide bonds. The highest BCUT2D eigenvalue weighted by Gasteiger charge is 2.18. The van der Waals surface area contributed by atoms with E-state index in [2.05, 4.69) is 5.32 Å². The number of carbonyl (C=O) groups is 2. The van der Waals surface area contributed by atoms with Crippen LogP contribution >= 0.6 is 11.6 Å². The second kappa shape index (κ2) is 7.49. The molecule has 2 rings (SSSR count). The Morgan fingerprint density at radius 1 is 1.29 bits per heavy atom. The van der Waals surface area contributed by atoms with E-state index < -0.39 is 17.7 Å². The van der Waals surface area contributed by atoms with Gasteiger partial charge in [-0.3, -0.25) is 4.79 Å². The fourth-order valence-electron chi connectivity index (χ4n) is 2.38. The fourth-order valence-corrected chi connectivity index (χ4v) is 2.54. The molecule has 0 bridgehead atoms. The molecule has 0 unspecified atom stereocenters. The van der Waals surface area contributed by atoms with Crippen LogP contribution in [0.15, 0.2) is 24.3 Å². The van der Waals surface area contributed by atoms with Gasteiger partial charge in [-0.15, -0.1) is 0 Å². The number of ether oxygens (including phenoxy) is 1. The van der Waals surface area contributed by atoms with Crippen LogP contribution in [0.1, 0.15) is 28.7 Å². The smallest absolute Gasteiger partial charge is 0.339 e. The summed E-state index contributed by atoms with van der Waals surface area (Å²) in [5.74, 6) is -1.45. The molecule has 2 aromatic rings. The van der Waals surface area contributed by atoms with Crippen LogP contribution < -0.4 is 5.32 Å². The van der Waals surface area contributed by atoms with E-state index in [-0.39, 0.29) is 23.9 Å². The average molecular weight is 353 g/mol. The summed E-state index contributed by atoms with van der Waals surface area (Å²) in [5.41, 5.74) is 1.83. The molecule has 1 N–H and O–H groups in total. The molecular weight excluding hydrogens is 335 g/mol. The van der Waals surface area contributed by atoms with Crippen molar-refractivity contribution in [1.29, 1.82) is 0 Å². The van der Waals surface area contributed by atoms with Crippen LogP contribution in [0.2, 0.25) is 5.02 Å². The van der Waals surface area contributed by atoms with Gasteiger partial charge in [-0.1, -0.05) is 11.6 Å². The Morgan fingerprint density at radius 2 is 2.00 bits per heavy atom. The summed E-state index contributed by atoms with van der Waals surface area (Å²) in [4.78, 5) is 24.1. The van der Waals surface area contributed by atoms with Gasteiger partial charge in [-0.2, -0.15) is 0 Å². The van der Waals surface area contributed by atoms with Crippen molar-refractivity contribution < 1.29 is 18.7 Å². The van der Waals surface area contributed by atoms with Crippen molar-refractivity contribution in [3.05, 3.63) is 52.1 Å². The lowest BCUT2D eigenvalue weighted by Gasteiger charge is -2.11. The molecule has 24 heavy (non-hydrogen) atoms. The van der Waals surface area contributed by atoms with Crippen LogP contribution in [0.25, 0.3) is 0 Å². The minimum Gasteiger partial charge on any atom is -0.462 e. The number of amides is 1. The van der Waals surface area contributed by atoms with Gasteiger partial charge in [0, 0.05) is 16.4 Å². The molecular formula is C17H18ClFN2O3. The van der Waals surface area contributed by atoms with Crippen molar-refractivity contribution in [2.45, 2.75) is 27.3 Å². The SMILES string of the molecule is CCOC(=O)c1cc(C)n(CC(=O)Nc2ccc(Cl)cc2F)c1C. The molecule has 0 spiro atoms. The van der Waals surface area contributed by atoms with Crippen LogP contribution in [0.5, 0.6) is 0 Å². The lowest BCUT2D eigenvalue weighted by Crippen LogP contribution is -2.21. The first kappa shape index (κ1) is 18.0. The number of hydrogen-bond donors (Lipinski definition) is 1. The number of benzene rings is 1. The third kappa shape index (κ3) is 3.94. The maximum atomic E-state index is 13.7. The van der Waals surface area contributed by atoms with Crippen LogP contribution in [0.3, 0.4) is 0 Å². The molecule has 0 aliphatic carbocycles. The first-order valence-corrected chi connectivity index (χ1v) is 7.80. The van der Waals surface area contributed by atoms with Crippen LogP contribution in [0.4, 0.5) is 10.1 Å². The second-order valence-corrected chi connectivity index (χ2v) is 5.70. The molecule has 0 aliphatic rings. The number of esters is 1. The first-order valence-electron chi connectivity index (χ1n) is 7.42. The standard InChI is InChI=1S/C17H18ClFN2O3/c1-4-24-17(23)13-7-10(2)21(11(13)3)9-16(22)20-15-6-5-12(18)8-14(15)19/h5-8H,4,9H2,1-3H3,(H,20,22). The van der Waals surface area contributed by atoms with Gasteiger partial charge in [0.05, 0.1) is 17.9 Å². The normalized spacial score (nSPS) is 10.5. The summed E-state index contributed by atoms with van der Waals surface area (Å²) < 4.78 is 20.4. The number of nitrogens with one attached hydrogen (secondary N) is 1. The highest BCUT2D eigenvalue weighted by Crippen LogP contribution is 2.20. The minimum atomic E-state index is -0.607. The Hall–Kier alpha value is -2.34. The van der Waals surface area contributed by atoms with Crippen molar-refractivity contribution in [1.82, 2.24) is 4.57 Å². The highest BCUT2D eigenvalue weighted by molar-refractivity contribution is 6.30. The predicted octanol–water partition coefficient (Wildman–Crippen LogP) is 3.71. The van der Waals surface area contributed by atoms with E-state index in [0.717, 1.165) is 11.8 Å². The predicted molar refractivity (Wildman–Crippen MR) is 89.9 cm³/mol. The van der Waals surface area contributed by atoms with E-state index in [9.17, 15) is 14.0 Å². The van der Waals surface area contributed by atoms with Gasteiger partial charge < -0.3 is 14.6 Å². The molecule has 0 aliphatic heterocycles. The molecule has 1 heterocycles. The van der Waals surface area contributed by atoms with Gasteiger partial charge in [0.15, 0.2) is 0 Å². The monoisotopic (exact) mass is 352 g/mol. The van der Waals surface area contributed by atoms with E-state index in [0.29, 0.717) is 11.3 Å². The zero-order chi connectivity index (χ0) is 17.9. The van der Waals surface area contributed by atoms with E-state index in [1.807, 2.05) is 0 Å². The zero-order valence-electron chi connectivity index (χ0n) is 13.7. The Labute approximate surface area is 144 Å². The number of aromatic nitrogens is 1. The van der Waals surface area contributed by atoms with E-state index in [1.54, 1.807) is 31.4 Å². The largest absolute Gasteiger partial charge is 0.462 e. The van der Waals surface area contributed by atoms with Crippen molar-refractivity contribution in [3.63, 3.8) is 0 Å².